The highest BCUT2D eigenvalue weighted by molar-refractivity contribution is 5.81. The minimum Gasteiger partial charge on any atom is -0.463 e. The van der Waals surface area contributed by atoms with E-state index in [1.807, 2.05) is 0 Å². The van der Waals surface area contributed by atoms with Crippen LogP contribution < -0.4 is 4.90 Å². The summed E-state index contributed by atoms with van der Waals surface area (Å²) < 4.78 is 10.2. The Kier molecular flexibility index (Phi) is 10.3. The summed E-state index contributed by atoms with van der Waals surface area (Å²) in [6, 6.07) is 23.5. The molecular formula is C32H35NO4. The first-order chi connectivity index (χ1) is 17.9. The molecule has 192 valence electrons. The number of ether oxygens (including phenoxy) is 2. The van der Waals surface area contributed by atoms with Crippen LogP contribution in [0.5, 0.6) is 0 Å². The highest BCUT2D eigenvalue weighted by Gasteiger charge is 2.13. The smallest absolute Gasteiger partial charge is 0.330 e. The summed E-state index contributed by atoms with van der Waals surface area (Å²) in [6.45, 7) is 11.8. The number of nitrogens with zero attached hydrogens (tertiary/aromatic N) is 1. The van der Waals surface area contributed by atoms with E-state index >= 15 is 0 Å². The van der Waals surface area contributed by atoms with Crippen molar-refractivity contribution < 1.29 is 19.1 Å². The molecule has 0 aliphatic heterocycles. The number of esters is 2. The number of anilines is 3. The van der Waals surface area contributed by atoms with Gasteiger partial charge in [-0.25, -0.2) is 9.59 Å². The van der Waals surface area contributed by atoms with Crippen molar-refractivity contribution >= 4 is 29.0 Å². The van der Waals surface area contributed by atoms with Gasteiger partial charge in [0.05, 0.1) is 13.2 Å². The quantitative estimate of drug-likeness (QED) is 0.143. The highest BCUT2D eigenvalue weighted by Crippen LogP contribution is 2.35. The third-order valence-electron chi connectivity index (χ3n) is 6.18. The monoisotopic (exact) mass is 497 g/mol. The second kappa shape index (κ2) is 13.8. The third kappa shape index (κ3) is 8.21. The lowest BCUT2D eigenvalue weighted by atomic mass is 10.1. The Morgan fingerprint density at radius 2 is 1.11 bits per heavy atom. The number of carbonyl (C=O) groups is 2. The van der Waals surface area contributed by atoms with E-state index in [4.69, 9.17) is 9.47 Å². The highest BCUT2D eigenvalue weighted by atomic mass is 16.5. The van der Waals surface area contributed by atoms with Gasteiger partial charge in [-0.15, -0.1) is 0 Å². The molecule has 0 spiro atoms. The minimum atomic E-state index is -0.387. The molecule has 3 rings (SSSR count). The zero-order valence-corrected chi connectivity index (χ0v) is 21.7. The van der Waals surface area contributed by atoms with Crippen LogP contribution in [-0.4, -0.2) is 25.2 Å². The fourth-order valence-corrected chi connectivity index (χ4v) is 3.95. The largest absolute Gasteiger partial charge is 0.463 e. The molecule has 0 N–H and O–H groups in total. The molecule has 5 heteroatoms. The number of benzene rings is 3. The van der Waals surface area contributed by atoms with Crippen molar-refractivity contribution in [3.8, 4) is 0 Å². The summed E-state index contributed by atoms with van der Waals surface area (Å²) in [6.07, 6.45) is 5.53. The van der Waals surface area contributed by atoms with Crippen molar-refractivity contribution in [2.24, 2.45) is 0 Å². The average molecular weight is 498 g/mol. The predicted molar refractivity (Wildman–Crippen MR) is 150 cm³/mol. The number of hydrogen-bond acceptors (Lipinski definition) is 5. The Morgan fingerprint density at radius 3 is 1.51 bits per heavy atom. The first-order valence-electron chi connectivity index (χ1n) is 12.5. The third-order valence-corrected chi connectivity index (χ3v) is 6.18. The molecule has 0 atom stereocenters. The topological polar surface area (TPSA) is 55.8 Å². The van der Waals surface area contributed by atoms with E-state index in [9.17, 15) is 9.59 Å². The Hall–Kier alpha value is -4.12. The van der Waals surface area contributed by atoms with Gasteiger partial charge < -0.3 is 14.4 Å². The van der Waals surface area contributed by atoms with E-state index < -0.39 is 0 Å². The second-order valence-corrected chi connectivity index (χ2v) is 8.89. The van der Waals surface area contributed by atoms with Gasteiger partial charge in [0.25, 0.3) is 0 Å². The lowest BCUT2D eigenvalue weighted by Crippen LogP contribution is -2.10. The van der Waals surface area contributed by atoms with Gasteiger partial charge in [0, 0.05) is 29.2 Å². The SMILES string of the molecule is C=CC(=O)OCCCc1ccc(N(c2ccc(CCCOC(=O)C=C)cc2)c2ccc(C)c(C)c2)cc1. The molecule has 0 radical (unpaired) electrons. The fraction of sp³-hybridized carbons (Fsp3) is 0.250. The van der Waals surface area contributed by atoms with Crippen molar-refractivity contribution in [3.05, 3.63) is 114 Å². The summed E-state index contributed by atoms with van der Waals surface area (Å²) in [4.78, 5) is 24.7. The molecule has 0 amide bonds. The van der Waals surface area contributed by atoms with Crippen LogP contribution in [0.2, 0.25) is 0 Å². The lowest BCUT2D eigenvalue weighted by Gasteiger charge is -2.26. The van der Waals surface area contributed by atoms with Crippen molar-refractivity contribution in [2.45, 2.75) is 39.5 Å². The molecule has 3 aromatic rings. The number of rotatable bonds is 13. The maximum Gasteiger partial charge on any atom is 0.330 e. The molecule has 0 saturated carbocycles. The molecule has 0 aliphatic carbocycles. The van der Waals surface area contributed by atoms with Crippen molar-refractivity contribution in [1.82, 2.24) is 0 Å². The van der Waals surface area contributed by atoms with Crippen LogP contribution in [0, 0.1) is 13.8 Å². The molecule has 5 nitrogen and oxygen atoms in total. The van der Waals surface area contributed by atoms with Gasteiger partial charge in [-0.3, -0.25) is 0 Å². The number of hydrogen-bond donors (Lipinski definition) is 0. The Labute approximate surface area is 220 Å². The van der Waals surface area contributed by atoms with Gasteiger partial charge in [-0.05, 0) is 98.2 Å². The minimum absolute atomic E-state index is 0.379. The molecule has 0 bridgehead atoms. The van der Waals surface area contributed by atoms with E-state index in [0.717, 1.165) is 42.7 Å². The van der Waals surface area contributed by atoms with Gasteiger partial charge in [0.2, 0.25) is 0 Å². The summed E-state index contributed by atoms with van der Waals surface area (Å²) in [5, 5.41) is 0. The summed E-state index contributed by atoms with van der Waals surface area (Å²) in [5.74, 6) is -0.775. The first-order valence-corrected chi connectivity index (χ1v) is 12.5. The Balaban J connectivity index is 1.75. The van der Waals surface area contributed by atoms with Crippen LogP contribution in [0.4, 0.5) is 17.1 Å². The van der Waals surface area contributed by atoms with Gasteiger partial charge in [-0.1, -0.05) is 43.5 Å². The van der Waals surface area contributed by atoms with E-state index in [2.05, 4.69) is 98.6 Å². The fourth-order valence-electron chi connectivity index (χ4n) is 3.95. The molecule has 3 aromatic carbocycles. The zero-order chi connectivity index (χ0) is 26.6. The van der Waals surface area contributed by atoms with Crippen molar-refractivity contribution in [3.63, 3.8) is 0 Å². The zero-order valence-electron chi connectivity index (χ0n) is 21.7. The normalized spacial score (nSPS) is 10.4. The molecule has 37 heavy (non-hydrogen) atoms. The maximum atomic E-state index is 11.2. The van der Waals surface area contributed by atoms with Crippen molar-refractivity contribution in [1.29, 1.82) is 0 Å². The van der Waals surface area contributed by atoms with Gasteiger partial charge >= 0.3 is 11.9 Å². The predicted octanol–water partition coefficient (Wildman–Crippen LogP) is 7.10. The van der Waals surface area contributed by atoms with E-state index in [-0.39, 0.29) is 11.9 Å². The molecule has 0 unspecified atom stereocenters. The number of carbonyl (C=O) groups excluding carboxylic acids is 2. The lowest BCUT2D eigenvalue weighted by molar-refractivity contribution is -0.138. The Morgan fingerprint density at radius 1 is 0.676 bits per heavy atom. The summed E-state index contributed by atoms with van der Waals surface area (Å²) in [7, 11) is 0. The van der Waals surface area contributed by atoms with Crippen LogP contribution in [0.15, 0.2) is 92.0 Å². The van der Waals surface area contributed by atoms with E-state index in [0.29, 0.717) is 13.2 Å². The number of aryl methyl sites for hydroxylation is 4. The average Bonchev–Trinajstić information content (AvgIpc) is 2.92. The van der Waals surface area contributed by atoms with Gasteiger partial charge in [-0.2, -0.15) is 0 Å². The molecule has 0 aromatic heterocycles. The van der Waals surface area contributed by atoms with E-state index in [1.165, 1.54) is 34.4 Å². The molecule has 0 saturated heterocycles. The van der Waals surface area contributed by atoms with E-state index in [1.54, 1.807) is 0 Å². The van der Waals surface area contributed by atoms with Gasteiger partial charge in [0.1, 0.15) is 0 Å². The Bertz CT molecular complexity index is 1140. The molecule has 0 aliphatic rings. The van der Waals surface area contributed by atoms with Crippen LogP contribution in [0.25, 0.3) is 0 Å². The molecule has 0 fully saturated rings. The summed E-state index contributed by atoms with van der Waals surface area (Å²) in [5.41, 5.74) is 8.08. The standard InChI is InChI=1S/C32H35NO4/c1-5-31(34)36-21-7-9-26-12-17-28(18-13-26)33(30-16-11-24(3)25(4)23-30)29-19-14-27(15-20-29)10-8-22-37-32(35)6-2/h5-6,11-20,23H,1-2,7-10,21-22H2,3-4H3. The maximum absolute atomic E-state index is 11.2. The second-order valence-electron chi connectivity index (χ2n) is 8.89. The van der Waals surface area contributed by atoms with Crippen LogP contribution in [0.3, 0.4) is 0 Å². The van der Waals surface area contributed by atoms with Gasteiger partial charge in [0.15, 0.2) is 0 Å². The summed E-state index contributed by atoms with van der Waals surface area (Å²) >= 11 is 0. The van der Waals surface area contributed by atoms with Crippen LogP contribution >= 0.6 is 0 Å². The first kappa shape index (κ1) is 27.5. The molecule has 0 heterocycles. The van der Waals surface area contributed by atoms with Crippen molar-refractivity contribution in [2.75, 3.05) is 18.1 Å². The van der Waals surface area contributed by atoms with Crippen LogP contribution in [0.1, 0.15) is 35.1 Å². The molecular weight excluding hydrogens is 462 g/mol. The van der Waals surface area contributed by atoms with Crippen LogP contribution in [-0.2, 0) is 31.9 Å².